The maximum Gasteiger partial charge on any atom is 0.274 e. The van der Waals surface area contributed by atoms with E-state index in [0.717, 1.165) is 10.6 Å². The number of nitrogens with zero attached hydrogens (tertiary/aromatic N) is 2. The van der Waals surface area contributed by atoms with Crippen molar-refractivity contribution < 1.29 is 22.9 Å². The average Bonchev–Trinajstić information content (AvgIpc) is 2.59. The van der Waals surface area contributed by atoms with E-state index in [1.165, 1.54) is 25.1 Å². The van der Waals surface area contributed by atoms with Gasteiger partial charge in [-0.3, -0.25) is 19.2 Å². The van der Waals surface area contributed by atoms with E-state index in [-0.39, 0.29) is 16.9 Å². The SMILES string of the molecule is CCOc1cccc(NC(=O)CN(c2cccc([N+](=O)[O-])c2C)S(C)(=O)=O)c1. The lowest BCUT2D eigenvalue weighted by Gasteiger charge is -2.23. The summed E-state index contributed by atoms with van der Waals surface area (Å²) in [5.41, 5.74) is 0.454. The lowest BCUT2D eigenvalue weighted by atomic mass is 10.1. The van der Waals surface area contributed by atoms with Gasteiger partial charge in [-0.25, -0.2) is 8.42 Å². The summed E-state index contributed by atoms with van der Waals surface area (Å²) >= 11 is 0. The molecule has 150 valence electrons. The molecule has 28 heavy (non-hydrogen) atoms. The van der Waals surface area contributed by atoms with Crippen molar-refractivity contribution in [2.45, 2.75) is 13.8 Å². The van der Waals surface area contributed by atoms with Crippen LogP contribution in [-0.4, -0.2) is 38.7 Å². The molecule has 0 aliphatic rings. The summed E-state index contributed by atoms with van der Waals surface area (Å²) in [5.74, 6) is -0.0280. The molecule has 1 N–H and O–H groups in total. The minimum Gasteiger partial charge on any atom is -0.494 e. The topological polar surface area (TPSA) is 119 Å². The van der Waals surface area contributed by atoms with E-state index in [9.17, 15) is 23.3 Å². The Balaban J connectivity index is 2.29. The number of sulfonamides is 1. The number of amides is 1. The molecule has 0 saturated carbocycles. The summed E-state index contributed by atoms with van der Waals surface area (Å²) in [7, 11) is -3.86. The van der Waals surface area contributed by atoms with Crippen LogP contribution in [0.15, 0.2) is 42.5 Å². The van der Waals surface area contributed by atoms with Crippen molar-refractivity contribution in [2.75, 3.05) is 29.0 Å². The van der Waals surface area contributed by atoms with Gasteiger partial charge >= 0.3 is 0 Å². The first-order chi connectivity index (χ1) is 13.1. The highest BCUT2D eigenvalue weighted by atomic mass is 32.2. The Morgan fingerprint density at radius 1 is 1.25 bits per heavy atom. The summed E-state index contributed by atoms with van der Waals surface area (Å²) in [5, 5.41) is 13.8. The van der Waals surface area contributed by atoms with Gasteiger partial charge in [-0.1, -0.05) is 12.1 Å². The van der Waals surface area contributed by atoms with Crippen LogP contribution in [0.3, 0.4) is 0 Å². The number of benzene rings is 2. The Bertz CT molecular complexity index is 991. The summed E-state index contributed by atoms with van der Waals surface area (Å²) in [6.07, 6.45) is 0.939. The Kier molecular flexibility index (Phi) is 6.57. The molecule has 0 unspecified atom stereocenters. The van der Waals surface area contributed by atoms with Gasteiger partial charge in [0.2, 0.25) is 15.9 Å². The number of carbonyl (C=O) groups excluding carboxylic acids is 1. The number of nitrogens with one attached hydrogen (secondary N) is 1. The zero-order valence-corrected chi connectivity index (χ0v) is 16.5. The van der Waals surface area contributed by atoms with Gasteiger partial charge in [-0.15, -0.1) is 0 Å². The van der Waals surface area contributed by atoms with E-state index in [0.29, 0.717) is 18.0 Å². The van der Waals surface area contributed by atoms with Crippen LogP contribution in [0, 0.1) is 17.0 Å². The molecule has 10 heteroatoms. The van der Waals surface area contributed by atoms with Gasteiger partial charge in [0.25, 0.3) is 5.69 Å². The molecular weight excluding hydrogens is 386 g/mol. The van der Waals surface area contributed by atoms with Crippen molar-refractivity contribution in [3.05, 3.63) is 58.1 Å². The van der Waals surface area contributed by atoms with Gasteiger partial charge in [0.05, 0.1) is 29.0 Å². The summed E-state index contributed by atoms with van der Waals surface area (Å²) in [4.78, 5) is 23.0. The molecule has 0 spiro atoms. The van der Waals surface area contributed by atoms with E-state index < -0.39 is 27.4 Å². The summed E-state index contributed by atoms with van der Waals surface area (Å²) in [6.45, 7) is 3.21. The zero-order chi connectivity index (χ0) is 20.9. The van der Waals surface area contributed by atoms with E-state index in [2.05, 4.69) is 5.32 Å². The number of hydrogen-bond acceptors (Lipinski definition) is 6. The second-order valence-electron chi connectivity index (χ2n) is 5.96. The number of rotatable bonds is 8. The van der Waals surface area contributed by atoms with Crippen LogP contribution in [0.4, 0.5) is 17.1 Å². The number of hydrogen-bond donors (Lipinski definition) is 1. The molecule has 1 amide bonds. The number of nitro benzene ring substituents is 1. The van der Waals surface area contributed by atoms with Crippen molar-refractivity contribution >= 4 is 33.0 Å². The summed E-state index contributed by atoms with van der Waals surface area (Å²) < 4.78 is 30.7. The van der Waals surface area contributed by atoms with Crippen LogP contribution >= 0.6 is 0 Å². The molecule has 0 fully saturated rings. The van der Waals surface area contributed by atoms with Gasteiger partial charge in [0.1, 0.15) is 12.3 Å². The minimum absolute atomic E-state index is 0.0786. The van der Waals surface area contributed by atoms with E-state index in [4.69, 9.17) is 4.74 Å². The van der Waals surface area contributed by atoms with Crippen molar-refractivity contribution in [2.24, 2.45) is 0 Å². The molecule has 2 aromatic rings. The van der Waals surface area contributed by atoms with E-state index in [1.54, 1.807) is 24.3 Å². The third-order valence-corrected chi connectivity index (χ3v) is 4.98. The molecule has 0 aromatic heterocycles. The smallest absolute Gasteiger partial charge is 0.274 e. The highest BCUT2D eigenvalue weighted by Gasteiger charge is 2.25. The zero-order valence-electron chi connectivity index (χ0n) is 15.7. The van der Waals surface area contributed by atoms with Gasteiger partial charge in [0.15, 0.2) is 0 Å². The van der Waals surface area contributed by atoms with Crippen molar-refractivity contribution in [3.63, 3.8) is 0 Å². The van der Waals surface area contributed by atoms with Crippen molar-refractivity contribution in [1.29, 1.82) is 0 Å². The maximum absolute atomic E-state index is 12.5. The minimum atomic E-state index is -3.86. The predicted octanol–water partition coefficient (Wildman–Crippen LogP) is 2.71. The van der Waals surface area contributed by atoms with E-state index in [1.807, 2.05) is 6.92 Å². The summed E-state index contributed by atoms with van der Waals surface area (Å²) in [6, 6.07) is 10.8. The Morgan fingerprint density at radius 3 is 2.54 bits per heavy atom. The van der Waals surface area contributed by atoms with E-state index >= 15 is 0 Å². The van der Waals surface area contributed by atoms with Gasteiger partial charge < -0.3 is 10.1 Å². The number of ether oxygens (including phenoxy) is 1. The lowest BCUT2D eigenvalue weighted by Crippen LogP contribution is -2.38. The van der Waals surface area contributed by atoms with Gasteiger partial charge in [-0.2, -0.15) is 0 Å². The van der Waals surface area contributed by atoms with Crippen LogP contribution in [0.2, 0.25) is 0 Å². The predicted molar refractivity (Wildman–Crippen MR) is 106 cm³/mol. The molecule has 0 aliphatic heterocycles. The Hall–Kier alpha value is -3.14. The van der Waals surface area contributed by atoms with Gasteiger partial charge in [-0.05, 0) is 32.0 Å². The molecule has 0 heterocycles. The standard InChI is InChI=1S/C18H21N3O6S/c1-4-27-15-8-5-7-14(11-15)19-18(22)12-20(28(3,25)26)16-9-6-10-17(13(16)2)21(23)24/h5-11H,4,12H2,1-3H3,(H,19,22). The lowest BCUT2D eigenvalue weighted by molar-refractivity contribution is -0.385. The van der Waals surface area contributed by atoms with Crippen LogP contribution in [-0.2, 0) is 14.8 Å². The first-order valence-electron chi connectivity index (χ1n) is 8.38. The first kappa shape index (κ1) is 21.2. The highest BCUT2D eigenvalue weighted by molar-refractivity contribution is 7.92. The van der Waals surface area contributed by atoms with Crippen LogP contribution < -0.4 is 14.4 Å². The Labute approximate surface area is 163 Å². The maximum atomic E-state index is 12.5. The molecule has 2 rings (SSSR count). The molecule has 9 nitrogen and oxygen atoms in total. The third-order valence-electron chi connectivity index (χ3n) is 3.86. The second kappa shape index (κ2) is 8.70. The van der Waals surface area contributed by atoms with Crippen LogP contribution in [0.25, 0.3) is 0 Å². The fourth-order valence-corrected chi connectivity index (χ4v) is 3.53. The van der Waals surface area contributed by atoms with Crippen LogP contribution in [0.1, 0.15) is 12.5 Å². The van der Waals surface area contributed by atoms with Crippen LogP contribution in [0.5, 0.6) is 5.75 Å². The third kappa shape index (κ3) is 5.19. The molecule has 0 bridgehead atoms. The number of carbonyl (C=O) groups is 1. The first-order valence-corrected chi connectivity index (χ1v) is 10.2. The average molecular weight is 407 g/mol. The van der Waals surface area contributed by atoms with Gasteiger partial charge in [0, 0.05) is 17.8 Å². The monoisotopic (exact) mass is 407 g/mol. The highest BCUT2D eigenvalue weighted by Crippen LogP contribution is 2.29. The normalized spacial score (nSPS) is 11.0. The molecule has 0 saturated heterocycles. The second-order valence-corrected chi connectivity index (χ2v) is 7.86. The van der Waals surface area contributed by atoms with Crippen molar-refractivity contribution in [3.8, 4) is 5.75 Å². The fraction of sp³-hybridized carbons (Fsp3) is 0.278. The number of anilines is 2. The molecular formula is C18H21N3O6S. The number of nitro groups is 1. The molecule has 2 aromatic carbocycles. The quantitative estimate of drug-likeness (QED) is 0.531. The molecule has 0 radical (unpaired) electrons. The fourth-order valence-electron chi connectivity index (χ4n) is 2.62. The largest absolute Gasteiger partial charge is 0.494 e. The van der Waals surface area contributed by atoms with Crippen molar-refractivity contribution in [1.82, 2.24) is 0 Å². The molecule has 0 atom stereocenters. The Morgan fingerprint density at radius 2 is 1.93 bits per heavy atom. The molecule has 0 aliphatic carbocycles.